The number of sulfonamides is 1. The van der Waals surface area contributed by atoms with Gasteiger partial charge >= 0.3 is 0 Å². The molecule has 0 saturated carbocycles. The first kappa shape index (κ1) is 16.2. The van der Waals surface area contributed by atoms with Gasteiger partial charge in [0.15, 0.2) is 0 Å². The molecule has 0 aliphatic heterocycles. The van der Waals surface area contributed by atoms with Crippen molar-refractivity contribution in [1.29, 1.82) is 0 Å². The molecule has 1 aromatic heterocycles. The molecule has 0 fully saturated rings. The molecule has 1 unspecified atom stereocenters. The summed E-state index contributed by atoms with van der Waals surface area (Å²) in [4.78, 5) is 8.49. The van der Waals surface area contributed by atoms with E-state index in [0.717, 1.165) is 5.56 Å². The van der Waals surface area contributed by atoms with Crippen molar-refractivity contribution in [3.05, 3.63) is 42.1 Å². The van der Waals surface area contributed by atoms with Gasteiger partial charge in [0.05, 0.1) is 18.0 Å². The van der Waals surface area contributed by atoms with Crippen LogP contribution in [0.1, 0.15) is 18.5 Å². The van der Waals surface area contributed by atoms with Gasteiger partial charge in [0.1, 0.15) is 0 Å². The zero-order valence-electron chi connectivity index (χ0n) is 12.6. The minimum Gasteiger partial charge on any atom is -0.481 e. The van der Waals surface area contributed by atoms with Crippen LogP contribution in [0.15, 0.2) is 41.4 Å². The summed E-state index contributed by atoms with van der Waals surface area (Å²) in [6.45, 7) is 1.90. The van der Waals surface area contributed by atoms with E-state index >= 15 is 0 Å². The standard InChI is InChI=1S/C14H18N4O3S/c1-10(17-14-16-8-7-13(18-14)21-3)11-5-4-6-12(9-11)22(19,20)15-2/h4-10,15H,1-3H3,(H,16,17,18). The molecule has 2 N–H and O–H groups in total. The van der Waals surface area contributed by atoms with Gasteiger partial charge in [0, 0.05) is 12.3 Å². The second kappa shape index (κ2) is 6.71. The van der Waals surface area contributed by atoms with Crippen molar-refractivity contribution in [2.24, 2.45) is 0 Å². The number of anilines is 1. The maximum atomic E-state index is 11.8. The van der Waals surface area contributed by atoms with E-state index in [1.54, 1.807) is 30.5 Å². The molecule has 118 valence electrons. The second-order valence-corrected chi connectivity index (χ2v) is 6.46. The van der Waals surface area contributed by atoms with Crippen LogP contribution in [0, 0.1) is 0 Å². The molecule has 2 rings (SSSR count). The van der Waals surface area contributed by atoms with Crippen LogP contribution in [0.3, 0.4) is 0 Å². The number of nitrogens with one attached hydrogen (secondary N) is 2. The SMILES string of the molecule is CNS(=O)(=O)c1cccc(C(C)Nc2nccc(OC)n2)c1. The Morgan fingerprint density at radius 1 is 1.27 bits per heavy atom. The van der Waals surface area contributed by atoms with Crippen molar-refractivity contribution in [3.63, 3.8) is 0 Å². The summed E-state index contributed by atoms with van der Waals surface area (Å²) in [5.41, 5.74) is 0.808. The summed E-state index contributed by atoms with van der Waals surface area (Å²) in [5.74, 6) is 0.866. The zero-order chi connectivity index (χ0) is 16.2. The smallest absolute Gasteiger partial charge is 0.240 e. The Hall–Kier alpha value is -2.19. The summed E-state index contributed by atoms with van der Waals surface area (Å²) < 4.78 is 31.0. The lowest BCUT2D eigenvalue weighted by molar-refractivity contribution is 0.397. The Bertz CT molecular complexity index is 749. The Balaban J connectivity index is 2.22. The number of hydrogen-bond donors (Lipinski definition) is 2. The van der Waals surface area contributed by atoms with E-state index in [1.807, 2.05) is 13.0 Å². The Morgan fingerprint density at radius 2 is 2.05 bits per heavy atom. The molecule has 0 spiro atoms. The maximum Gasteiger partial charge on any atom is 0.240 e. The summed E-state index contributed by atoms with van der Waals surface area (Å²) >= 11 is 0. The number of hydrogen-bond acceptors (Lipinski definition) is 6. The minimum atomic E-state index is -3.47. The van der Waals surface area contributed by atoms with Crippen LogP contribution < -0.4 is 14.8 Å². The fourth-order valence-corrected chi connectivity index (χ4v) is 2.66. The van der Waals surface area contributed by atoms with Gasteiger partial charge < -0.3 is 10.1 Å². The monoisotopic (exact) mass is 322 g/mol. The average Bonchev–Trinajstić information content (AvgIpc) is 2.55. The Morgan fingerprint density at radius 3 is 2.73 bits per heavy atom. The highest BCUT2D eigenvalue weighted by Gasteiger charge is 2.14. The zero-order valence-corrected chi connectivity index (χ0v) is 13.4. The topological polar surface area (TPSA) is 93.2 Å². The van der Waals surface area contributed by atoms with Crippen LogP contribution in [0.4, 0.5) is 5.95 Å². The number of nitrogens with zero attached hydrogens (tertiary/aromatic N) is 2. The molecule has 22 heavy (non-hydrogen) atoms. The molecule has 0 bridgehead atoms. The highest BCUT2D eigenvalue weighted by molar-refractivity contribution is 7.89. The van der Waals surface area contributed by atoms with E-state index in [-0.39, 0.29) is 10.9 Å². The second-order valence-electron chi connectivity index (χ2n) is 4.57. The Kier molecular flexibility index (Phi) is 4.94. The van der Waals surface area contributed by atoms with Gasteiger partial charge in [-0.05, 0) is 31.7 Å². The lowest BCUT2D eigenvalue weighted by atomic mass is 10.1. The molecule has 0 radical (unpaired) electrons. The molecule has 0 amide bonds. The Labute approximate surface area is 129 Å². The van der Waals surface area contributed by atoms with Crippen LogP contribution in [-0.4, -0.2) is 32.5 Å². The van der Waals surface area contributed by atoms with E-state index in [9.17, 15) is 8.42 Å². The van der Waals surface area contributed by atoms with Crippen LogP contribution in [0.5, 0.6) is 5.88 Å². The first-order chi connectivity index (χ1) is 10.5. The van der Waals surface area contributed by atoms with Crippen LogP contribution in [0.2, 0.25) is 0 Å². The highest BCUT2D eigenvalue weighted by atomic mass is 32.2. The molecule has 7 nitrogen and oxygen atoms in total. The molecule has 0 saturated heterocycles. The summed E-state index contributed by atoms with van der Waals surface area (Å²) in [6, 6.07) is 8.18. The van der Waals surface area contributed by atoms with Gasteiger partial charge in [-0.2, -0.15) is 4.98 Å². The molecule has 0 aliphatic carbocycles. The van der Waals surface area contributed by atoms with Gasteiger partial charge in [-0.1, -0.05) is 12.1 Å². The normalized spacial score (nSPS) is 12.7. The van der Waals surface area contributed by atoms with Crippen LogP contribution in [-0.2, 0) is 10.0 Å². The third-order valence-corrected chi connectivity index (χ3v) is 4.53. The molecular weight excluding hydrogens is 304 g/mol. The first-order valence-corrected chi connectivity index (χ1v) is 8.11. The van der Waals surface area contributed by atoms with Crippen molar-refractivity contribution >= 4 is 16.0 Å². The summed E-state index contributed by atoms with van der Waals surface area (Å²) in [7, 11) is -0.555. The third-order valence-electron chi connectivity index (χ3n) is 3.12. The summed E-state index contributed by atoms with van der Waals surface area (Å²) in [5, 5.41) is 3.11. The third kappa shape index (κ3) is 3.71. The fourth-order valence-electron chi connectivity index (χ4n) is 1.87. The molecule has 1 aromatic carbocycles. The fraction of sp³-hybridized carbons (Fsp3) is 0.286. The van der Waals surface area contributed by atoms with Gasteiger partial charge in [0.2, 0.25) is 21.9 Å². The van der Waals surface area contributed by atoms with Crippen LogP contribution >= 0.6 is 0 Å². The predicted octanol–water partition coefficient (Wildman–Crippen LogP) is 1.57. The number of aromatic nitrogens is 2. The quantitative estimate of drug-likeness (QED) is 0.838. The molecule has 0 aliphatic rings. The largest absolute Gasteiger partial charge is 0.481 e. The lowest BCUT2D eigenvalue weighted by Gasteiger charge is -2.15. The maximum absolute atomic E-state index is 11.8. The molecular formula is C14H18N4O3S. The molecule has 2 aromatic rings. The lowest BCUT2D eigenvalue weighted by Crippen LogP contribution is -2.19. The van der Waals surface area contributed by atoms with Gasteiger partial charge in [-0.25, -0.2) is 18.1 Å². The summed E-state index contributed by atoms with van der Waals surface area (Å²) in [6.07, 6.45) is 1.59. The number of methoxy groups -OCH3 is 1. The van der Waals surface area contributed by atoms with Crippen molar-refractivity contribution in [1.82, 2.24) is 14.7 Å². The van der Waals surface area contributed by atoms with E-state index < -0.39 is 10.0 Å². The minimum absolute atomic E-state index is 0.167. The molecule has 1 heterocycles. The highest BCUT2D eigenvalue weighted by Crippen LogP contribution is 2.20. The number of benzene rings is 1. The van der Waals surface area contributed by atoms with Crippen molar-refractivity contribution < 1.29 is 13.2 Å². The van der Waals surface area contributed by atoms with E-state index in [0.29, 0.717) is 11.8 Å². The average molecular weight is 322 g/mol. The van der Waals surface area contributed by atoms with Gasteiger partial charge in [0.25, 0.3) is 0 Å². The van der Waals surface area contributed by atoms with E-state index in [2.05, 4.69) is 20.0 Å². The van der Waals surface area contributed by atoms with Crippen molar-refractivity contribution in [2.45, 2.75) is 17.9 Å². The van der Waals surface area contributed by atoms with Crippen molar-refractivity contribution in [2.75, 3.05) is 19.5 Å². The first-order valence-electron chi connectivity index (χ1n) is 6.63. The molecule has 1 atom stereocenters. The molecule has 8 heteroatoms. The van der Waals surface area contributed by atoms with E-state index in [1.165, 1.54) is 14.2 Å². The number of rotatable bonds is 6. The van der Waals surface area contributed by atoms with E-state index in [4.69, 9.17) is 4.74 Å². The van der Waals surface area contributed by atoms with Crippen LogP contribution in [0.25, 0.3) is 0 Å². The van der Waals surface area contributed by atoms with Gasteiger partial charge in [-0.15, -0.1) is 0 Å². The van der Waals surface area contributed by atoms with Crippen molar-refractivity contribution in [3.8, 4) is 5.88 Å². The predicted molar refractivity (Wildman–Crippen MR) is 83.3 cm³/mol. The number of ether oxygens (including phenoxy) is 1. The van der Waals surface area contributed by atoms with Gasteiger partial charge in [-0.3, -0.25) is 0 Å².